The number of amides is 4. The van der Waals surface area contributed by atoms with Gasteiger partial charge >= 0.3 is 5.97 Å². The lowest BCUT2D eigenvalue weighted by Crippen LogP contribution is -2.62. The van der Waals surface area contributed by atoms with E-state index in [-0.39, 0.29) is 5.92 Å². The monoisotopic (exact) mass is 517 g/mol. The average molecular weight is 518 g/mol. The topological polar surface area (TPSA) is 220 Å². The third-order valence-electron chi connectivity index (χ3n) is 6.21. The van der Waals surface area contributed by atoms with E-state index in [1.165, 1.54) is 20.8 Å². The Morgan fingerprint density at radius 1 is 0.639 bits per heavy atom. The van der Waals surface area contributed by atoms with Gasteiger partial charge in [-0.05, 0) is 32.6 Å². The van der Waals surface area contributed by atoms with Crippen molar-refractivity contribution in [3.8, 4) is 0 Å². The molecule has 9 atom stereocenters. The van der Waals surface area contributed by atoms with Crippen LogP contribution in [-0.2, 0) is 24.0 Å². The summed E-state index contributed by atoms with van der Waals surface area (Å²) < 4.78 is 0. The fourth-order valence-electron chi connectivity index (χ4n) is 3.15. The van der Waals surface area contributed by atoms with Crippen LogP contribution in [-0.4, -0.2) is 87.3 Å². The Balaban J connectivity index is 5.50. The van der Waals surface area contributed by atoms with Crippen LogP contribution in [0.4, 0.5) is 0 Å². The maximum Gasteiger partial charge on any atom is 0.328 e. The standard InChI is InChI=1S/C23H43N5O8/c1-8-10(3)15(24)20(32)25-12(5)19(31)27-17(13(6)29)22(34)26-16(11(4)9-2)21(33)28-18(14(7)30)23(35)36/h10-18,29-30H,8-9,24H2,1-7H3,(H,25,32)(H,26,34)(H,27,31)(H,28,33)(H,35,36)/t10-,11-,12-,13+,14+,15-,16-,17-,18-/m0/s1. The third kappa shape index (κ3) is 10.1. The molecule has 0 bridgehead atoms. The van der Waals surface area contributed by atoms with Crippen LogP contribution >= 0.6 is 0 Å². The SMILES string of the molecule is CC[C@H](C)[C@H](N)C(=O)N[C@@H](C)C(=O)N[C@H](C(=O)N[C@H](C(=O)N[C@H](C(=O)O)[C@@H](C)O)[C@@H](C)CC)[C@@H](C)O. The Bertz CT molecular complexity index is 776. The first-order chi connectivity index (χ1) is 16.6. The van der Waals surface area contributed by atoms with Crippen molar-refractivity contribution in [2.75, 3.05) is 0 Å². The van der Waals surface area contributed by atoms with Crippen molar-refractivity contribution in [2.45, 2.75) is 104 Å². The van der Waals surface area contributed by atoms with Crippen LogP contribution in [0.2, 0.25) is 0 Å². The summed E-state index contributed by atoms with van der Waals surface area (Å²) in [5.41, 5.74) is 5.88. The van der Waals surface area contributed by atoms with Gasteiger partial charge in [0.1, 0.15) is 18.1 Å². The van der Waals surface area contributed by atoms with E-state index in [1.54, 1.807) is 20.8 Å². The maximum atomic E-state index is 13.0. The first-order valence-electron chi connectivity index (χ1n) is 12.1. The van der Waals surface area contributed by atoms with Gasteiger partial charge in [-0.25, -0.2) is 4.79 Å². The largest absolute Gasteiger partial charge is 0.480 e. The van der Waals surface area contributed by atoms with Crippen LogP contribution in [0.3, 0.4) is 0 Å². The second kappa shape index (κ2) is 15.4. The van der Waals surface area contributed by atoms with E-state index in [9.17, 15) is 39.3 Å². The van der Waals surface area contributed by atoms with Gasteiger partial charge < -0.3 is 42.3 Å². The van der Waals surface area contributed by atoms with Gasteiger partial charge in [-0.2, -0.15) is 0 Å². The molecule has 0 spiro atoms. The number of carbonyl (C=O) groups is 5. The second-order valence-electron chi connectivity index (χ2n) is 9.31. The van der Waals surface area contributed by atoms with Crippen LogP contribution in [0.15, 0.2) is 0 Å². The number of rotatable bonds is 15. The Hall–Kier alpha value is -2.77. The molecule has 13 heteroatoms. The number of nitrogens with two attached hydrogens (primary N) is 1. The molecule has 0 fully saturated rings. The molecule has 0 aliphatic heterocycles. The van der Waals surface area contributed by atoms with Gasteiger partial charge in [0.25, 0.3) is 0 Å². The van der Waals surface area contributed by atoms with Crippen molar-refractivity contribution in [1.82, 2.24) is 21.3 Å². The van der Waals surface area contributed by atoms with Crippen LogP contribution in [0.25, 0.3) is 0 Å². The number of aliphatic hydroxyl groups is 2. The summed E-state index contributed by atoms with van der Waals surface area (Å²) in [6.07, 6.45) is -1.68. The molecule has 0 aromatic carbocycles. The number of carboxylic acid groups (broad SMARTS) is 1. The predicted octanol–water partition coefficient (Wildman–Crippen LogP) is -1.79. The number of carbonyl (C=O) groups excluding carboxylic acids is 4. The lowest BCUT2D eigenvalue weighted by molar-refractivity contribution is -0.145. The lowest BCUT2D eigenvalue weighted by Gasteiger charge is -2.29. The van der Waals surface area contributed by atoms with Gasteiger partial charge in [0.05, 0.1) is 18.2 Å². The third-order valence-corrected chi connectivity index (χ3v) is 6.21. The minimum Gasteiger partial charge on any atom is -0.480 e. The summed E-state index contributed by atoms with van der Waals surface area (Å²) >= 11 is 0. The smallest absolute Gasteiger partial charge is 0.328 e. The highest BCUT2D eigenvalue weighted by Gasteiger charge is 2.35. The minimum atomic E-state index is -1.60. The number of hydrogen-bond donors (Lipinski definition) is 8. The number of carboxylic acids is 1. The molecule has 0 aliphatic rings. The quantitative estimate of drug-likeness (QED) is 0.123. The Labute approximate surface area is 211 Å². The molecule has 0 aromatic heterocycles. The van der Waals surface area contributed by atoms with E-state index < -0.39 is 77.9 Å². The summed E-state index contributed by atoms with van der Waals surface area (Å²) in [5.74, 6) is -5.06. The van der Waals surface area contributed by atoms with Crippen LogP contribution in [0, 0.1) is 11.8 Å². The van der Waals surface area contributed by atoms with E-state index in [1.807, 2.05) is 6.92 Å². The molecule has 0 rings (SSSR count). The van der Waals surface area contributed by atoms with E-state index >= 15 is 0 Å². The molecule has 4 amide bonds. The van der Waals surface area contributed by atoms with Crippen molar-refractivity contribution in [1.29, 1.82) is 0 Å². The van der Waals surface area contributed by atoms with Gasteiger partial charge in [0.2, 0.25) is 23.6 Å². The predicted molar refractivity (Wildman–Crippen MR) is 131 cm³/mol. The first kappa shape index (κ1) is 33.2. The molecule has 36 heavy (non-hydrogen) atoms. The zero-order valence-corrected chi connectivity index (χ0v) is 22.1. The molecular weight excluding hydrogens is 474 g/mol. The van der Waals surface area contributed by atoms with Crippen LogP contribution in [0.5, 0.6) is 0 Å². The molecule has 0 saturated heterocycles. The Morgan fingerprint density at radius 3 is 1.47 bits per heavy atom. The molecule has 0 saturated carbocycles. The molecule has 0 heterocycles. The van der Waals surface area contributed by atoms with Crippen LogP contribution in [0.1, 0.15) is 61.3 Å². The molecule has 208 valence electrons. The Morgan fingerprint density at radius 2 is 1.06 bits per heavy atom. The zero-order chi connectivity index (χ0) is 28.3. The summed E-state index contributed by atoms with van der Waals surface area (Å²) in [5, 5.41) is 38.5. The maximum absolute atomic E-state index is 13.0. The highest BCUT2D eigenvalue weighted by atomic mass is 16.4. The van der Waals surface area contributed by atoms with Gasteiger partial charge in [-0.15, -0.1) is 0 Å². The second-order valence-corrected chi connectivity index (χ2v) is 9.31. The number of aliphatic carboxylic acids is 1. The first-order valence-corrected chi connectivity index (χ1v) is 12.1. The van der Waals surface area contributed by atoms with Crippen molar-refractivity contribution in [2.24, 2.45) is 17.6 Å². The average Bonchev–Trinajstić information content (AvgIpc) is 2.81. The molecule has 0 unspecified atom stereocenters. The molecule has 0 aromatic rings. The molecule has 0 aliphatic carbocycles. The van der Waals surface area contributed by atoms with Crippen molar-refractivity contribution in [3.05, 3.63) is 0 Å². The molecule has 13 nitrogen and oxygen atoms in total. The summed E-state index contributed by atoms with van der Waals surface area (Å²) in [6.45, 7) is 10.9. The van der Waals surface area contributed by atoms with Crippen molar-refractivity contribution >= 4 is 29.6 Å². The lowest BCUT2D eigenvalue weighted by atomic mass is 9.97. The fraction of sp³-hybridized carbons (Fsp3) is 0.783. The highest BCUT2D eigenvalue weighted by molar-refractivity contribution is 5.95. The van der Waals surface area contributed by atoms with E-state index in [2.05, 4.69) is 21.3 Å². The van der Waals surface area contributed by atoms with Gasteiger partial charge in [0, 0.05) is 0 Å². The normalized spacial score (nSPS) is 18.7. The summed E-state index contributed by atoms with van der Waals surface area (Å²) in [7, 11) is 0. The van der Waals surface area contributed by atoms with Gasteiger partial charge in [-0.1, -0.05) is 40.5 Å². The van der Waals surface area contributed by atoms with Crippen molar-refractivity contribution in [3.63, 3.8) is 0 Å². The highest BCUT2D eigenvalue weighted by Crippen LogP contribution is 2.10. The van der Waals surface area contributed by atoms with Gasteiger partial charge in [-0.3, -0.25) is 19.2 Å². The molecule has 9 N–H and O–H groups in total. The van der Waals surface area contributed by atoms with Crippen LogP contribution < -0.4 is 27.0 Å². The number of hydrogen-bond acceptors (Lipinski definition) is 8. The number of aliphatic hydroxyl groups excluding tert-OH is 2. The number of nitrogens with one attached hydrogen (secondary N) is 4. The minimum absolute atomic E-state index is 0.116. The van der Waals surface area contributed by atoms with Crippen molar-refractivity contribution < 1.29 is 39.3 Å². The molecule has 0 radical (unpaired) electrons. The summed E-state index contributed by atoms with van der Waals surface area (Å²) in [4.78, 5) is 62.0. The zero-order valence-electron chi connectivity index (χ0n) is 22.1. The van der Waals surface area contributed by atoms with Gasteiger partial charge in [0.15, 0.2) is 6.04 Å². The van der Waals surface area contributed by atoms with E-state index in [4.69, 9.17) is 5.73 Å². The molecular formula is C23H43N5O8. The van der Waals surface area contributed by atoms with E-state index in [0.29, 0.717) is 12.8 Å². The Kier molecular flexibility index (Phi) is 14.2. The summed E-state index contributed by atoms with van der Waals surface area (Å²) in [6, 6.07) is -6.19. The fourth-order valence-corrected chi connectivity index (χ4v) is 3.15. The van der Waals surface area contributed by atoms with E-state index in [0.717, 1.165) is 0 Å².